The maximum Gasteiger partial charge on any atom is 0.411 e. The van der Waals surface area contributed by atoms with E-state index in [1.165, 1.54) is 18.4 Å². The van der Waals surface area contributed by atoms with Gasteiger partial charge in [-0.1, -0.05) is 34.1 Å². The zero-order valence-corrected chi connectivity index (χ0v) is 17.4. The molecule has 0 radical (unpaired) electrons. The number of carbonyl (C=O) groups is 1. The lowest BCUT2D eigenvalue weighted by Crippen LogP contribution is -2.37. The lowest BCUT2D eigenvalue weighted by Gasteiger charge is -2.28. The van der Waals surface area contributed by atoms with Gasteiger partial charge >= 0.3 is 6.09 Å². The molecule has 2 aliphatic rings. The van der Waals surface area contributed by atoms with Crippen molar-refractivity contribution < 1.29 is 9.53 Å². The Morgan fingerprint density at radius 1 is 1.26 bits per heavy atom. The summed E-state index contributed by atoms with van der Waals surface area (Å²) in [7, 11) is 0. The van der Waals surface area contributed by atoms with E-state index >= 15 is 0 Å². The first kappa shape index (κ1) is 18.3. The smallest absolute Gasteiger partial charge is 0.411 e. The molecule has 2 aromatic rings. The average molecular weight is 430 g/mol. The minimum atomic E-state index is -0.518. The third-order valence-corrected chi connectivity index (χ3v) is 5.35. The van der Waals surface area contributed by atoms with Gasteiger partial charge in [0.2, 0.25) is 0 Å². The largest absolute Gasteiger partial charge is 0.444 e. The summed E-state index contributed by atoms with van der Waals surface area (Å²) >= 11 is 3.46. The van der Waals surface area contributed by atoms with Gasteiger partial charge in [-0.3, -0.25) is 4.90 Å². The van der Waals surface area contributed by atoms with Crippen LogP contribution in [0.5, 0.6) is 0 Å². The van der Waals surface area contributed by atoms with Crippen LogP contribution in [0, 0.1) is 5.92 Å². The molecule has 2 heterocycles. The molecule has 5 nitrogen and oxygen atoms in total. The number of carbonyl (C=O) groups excluding carboxylic acids is 1. The first-order chi connectivity index (χ1) is 12.8. The lowest BCUT2D eigenvalue weighted by molar-refractivity contribution is 0.0231. The molecule has 4 rings (SSSR count). The Bertz CT molecular complexity index is 876. The molecular formula is C21H24BrN3O2. The SMILES string of the molecule is CC(C)(C)OC(=O)N1CC(C2CC2)=CC1c1ncc(-c2ccc(Br)cc2)[nH]1. The fraction of sp³-hybridized carbons (Fsp3) is 0.429. The van der Waals surface area contributed by atoms with Gasteiger partial charge in [0.15, 0.2) is 0 Å². The Hall–Kier alpha value is -2.08. The first-order valence-electron chi connectivity index (χ1n) is 9.31. The van der Waals surface area contributed by atoms with Crippen LogP contribution in [0.3, 0.4) is 0 Å². The minimum Gasteiger partial charge on any atom is -0.444 e. The first-order valence-corrected chi connectivity index (χ1v) is 10.1. The van der Waals surface area contributed by atoms with Crippen LogP contribution in [0.2, 0.25) is 0 Å². The number of H-pyrrole nitrogens is 1. The van der Waals surface area contributed by atoms with E-state index in [2.05, 4.69) is 32.0 Å². The molecule has 1 aromatic carbocycles. The third-order valence-electron chi connectivity index (χ3n) is 4.82. The van der Waals surface area contributed by atoms with Gasteiger partial charge in [-0.2, -0.15) is 0 Å². The van der Waals surface area contributed by atoms with Gasteiger partial charge in [-0.15, -0.1) is 0 Å². The summed E-state index contributed by atoms with van der Waals surface area (Å²) in [6.45, 7) is 6.30. The molecule has 1 N–H and O–H groups in total. The van der Waals surface area contributed by atoms with E-state index in [4.69, 9.17) is 4.74 Å². The normalized spacial score (nSPS) is 19.9. The number of aromatic amines is 1. The van der Waals surface area contributed by atoms with E-state index in [0.717, 1.165) is 21.6 Å². The summed E-state index contributed by atoms with van der Waals surface area (Å²) in [4.78, 5) is 22.5. The van der Waals surface area contributed by atoms with Gasteiger partial charge in [-0.05, 0) is 62.8 Å². The molecule has 0 bridgehead atoms. The van der Waals surface area contributed by atoms with E-state index < -0.39 is 5.60 Å². The molecule has 1 aliphatic heterocycles. The van der Waals surface area contributed by atoms with Crippen molar-refractivity contribution in [3.8, 4) is 11.3 Å². The molecule has 27 heavy (non-hydrogen) atoms. The number of rotatable bonds is 3. The maximum absolute atomic E-state index is 12.8. The van der Waals surface area contributed by atoms with Crippen LogP contribution < -0.4 is 0 Å². The Labute approximate surface area is 167 Å². The molecule has 6 heteroatoms. The summed E-state index contributed by atoms with van der Waals surface area (Å²) in [6, 6.07) is 7.87. The summed E-state index contributed by atoms with van der Waals surface area (Å²) in [5.74, 6) is 1.38. The second-order valence-electron chi connectivity index (χ2n) is 8.26. The van der Waals surface area contributed by atoms with Crippen LogP contribution in [0.1, 0.15) is 45.5 Å². The maximum atomic E-state index is 12.8. The second-order valence-corrected chi connectivity index (χ2v) is 9.17. The van der Waals surface area contributed by atoms with E-state index in [9.17, 15) is 4.79 Å². The van der Waals surface area contributed by atoms with Crippen molar-refractivity contribution in [1.82, 2.24) is 14.9 Å². The van der Waals surface area contributed by atoms with Crippen molar-refractivity contribution in [2.45, 2.75) is 45.3 Å². The number of hydrogen-bond donors (Lipinski definition) is 1. The Morgan fingerprint density at radius 3 is 2.59 bits per heavy atom. The van der Waals surface area contributed by atoms with Crippen molar-refractivity contribution in [3.63, 3.8) is 0 Å². The van der Waals surface area contributed by atoms with Crippen molar-refractivity contribution in [2.24, 2.45) is 5.92 Å². The van der Waals surface area contributed by atoms with Gasteiger partial charge in [0, 0.05) is 11.0 Å². The molecular weight excluding hydrogens is 406 g/mol. The number of benzene rings is 1. The summed E-state index contributed by atoms with van der Waals surface area (Å²) in [5.41, 5.74) is 2.81. The average Bonchev–Trinajstić information content (AvgIpc) is 3.16. The fourth-order valence-electron chi connectivity index (χ4n) is 3.35. The monoisotopic (exact) mass is 429 g/mol. The number of nitrogens with zero attached hydrogens (tertiary/aromatic N) is 2. The minimum absolute atomic E-state index is 0.209. The fourth-order valence-corrected chi connectivity index (χ4v) is 3.61. The molecule has 1 aromatic heterocycles. The number of imidazole rings is 1. The van der Waals surface area contributed by atoms with Crippen molar-refractivity contribution in [1.29, 1.82) is 0 Å². The second kappa shape index (κ2) is 6.82. The lowest BCUT2D eigenvalue weighted by atomic mass is 10.1. The molecule has 1 unspecified atom stereocenters. The summed E-state index contributed by atoms with van der Waals surface area (Å²) in [6.07, 6.45) is 6.15. The molecule has 0 saturated heterocycles. The van der Waals surface area contributed by atoms with Crippen LogP contribution in [0.4, 0.5) is 4.79 Å². The quantitative estimate of drug-likeness (QED) is 0.658. The van der Waals surface area contributed by atoms with Gasteiger partial charge in [0.1, 0.15) is 17.5 Å². The molecule has 142 valence electrons. The van der Waals surface area contributed by atoms with Crippen molar-refractivity contribution >= 4 is 22.0 Å². The molecule has 1 amide bonds. The van der Waals surface area contributed by atoms with Crippen molar-refractivity contribution in [2.75, 3.05) is 6.54 Å². The zero-order valence-electron chi connectivity index (χ0n) is 15.8. The van der Waals surface area contributed by atoms with Crippen LogP contribution in [0.25, 0.3) is 11.3 Å². The highest BCUT2D eigenvalue weighted by Crippen LogP contribution is 2.43. The topological polar surface area (TPSA) is 58.2 Å². The van der Waals surface area contributed by atoms with Crippen LogP contribution in [-0.2, 0) is 4.74 Å². The van der Waals surface area contributed by atoms with Gasteiger partial charge in [0.25, 0.3) is 0 Å². The highest BCUT2D eigenvalue weighted by molar-refractivity contribution is 9.10. The van der Waals surface area contributed by atoms with Crippen LogP contribution >= 0.6 is 15.9 Å². The van der Waals surface area contributed by atoms with Crippen LogP contribution in [0.15, 0.2) is 46.6 Å². The Balaban J connectivity index is 1.60. The number of ether oxygens (including phenoxy) is 1. The standard InChI is InChI=1S/C21H24BrN3O2/c1-21(2,3)27-20(26)25-12-15(13-4-5-13)10-18(25)19-23-11-17(24-19)14-6-8-16(22)9-7-14/h6-11,13,18H,4-5,12H2,1-3H3,(H,23,24). The van der Waals surface area contributed by atoms with Crippen LogP contribution in [-0.4, -0.2) is 33.1 Å². The number of halogens is 1. The van der Waals surface area contributed by atoms with E-state index in [0.29, 0.717) is 12.5 Å². The predicted octanol–water partition coefficient (Wildman–Crippen LogP) is 5.47. The summed E-state index contributed by atoms with van der Waals surface area (Å²) < 4.78 is 6.67. The number of amides is 1. The third kappa shape index (κ3) is 4.10. The number of hydrogen-bond acceptors (Lipinski definition) is 3. The van der Waals surface area contributed by atoms with Gasteiger partial charge in [-0.25, -0.2) is 9.78 Å². The van der Waals surface area contributed by atoms with E-state index in [1.807, 2.05) is 51.2 Å². The Kier molecular flexibility index (Phi) is 4.62. The van der Waals surface area contributed by atoms with E-state index in [1.54, 1.807) is 4.90 Å². The van der Waals surface area contributed by atoms with Crippen molar-refractivity contribution in [3.05, 3.63) is 52.4 Å². The van der Waals surface area contributed by atoms with Gasteiger partial charge < -0.3 is 9.72 Å². The highest BCUT2D eigenvalue weighted by Gasteiger charge is 2.39. The molecule has 1 atom stereocenters. The van der Waals surface area contributed by atoms with E-state index in [-0.39, 0.29) is 12.1 Å². The zero-order chi connectivity index (χ0) is 19.2. The Morgan fingerprint density at radius 2 is 1.96 bits per heavy atom. The molecule has 1 saturated carbocycles. The predicted molar refractivity (Wildman–Crippen MR) is 108 cm³/mol. The molecule has 1 aliphatic carbocycles. The van der Waals surface area contributed by atoms with Gasteiger partial charge in [0.05, 0.1) is 11.9 Å². The molecule has 0 spiro atoms. The molecule has 1 fully saturated rings. The number of aromatic nitrogens is 2. The highest BCUT2D eigenvalue weighted by atomic mass is 79.9. The number of nitrogens with one attached hydrogen (secondary N) is 1. The summed E-state index contributed by atoms with van der Waals surface area (Å²) in [5, 5.41) is 0.